The Balaban J connectivity index is 1.54. The molecule has 3 rings (SSSR count). The smallest absolute Gasteiger partial charge is 0.328 e. The van der Waals surface area contributed by atoms with E-state index < -0.39 is 17.9 Å². The maximum absolute atomic E-state index is 12.7. The minimum absolute atomic E-state index is 0.116. The summed E-state index contributed by atoms with van der Waals surface area (Å²) in [6.45, 7) is 0.796. The molecule has 0 bridgehead atoms. The maximum atomic E-state index is 12.7. The summed E-state index contributed by atoms with van der Waals surface area (Å²) in [5, 5.41) is 6.33. The summed E-state index contributed by atoms with van der Waals surface area (Å²) in [5.74, 6) is 6.05. The molecule has 3 aromatic rings. The van der Waals surface area contributed by atoms with Crippen molar-refractivity contribution in [3.8, 4) is 11.8 Å². The number of ether oxygens (including phenoxy) is 1. The van der Waals surface area contributed by atoms with E-state index in [0.717, 1.165) is 36.3 Å². The van der Waals surface area contributed by atoms with Crippen molar-refractivity contribution in [3.05, 3.63) is 93.6 Å². The fourth-order valence-corrected chi connectivity index (χ4v) is 3.83. The van der Waals surface area contributed by atoms with Crippen molar-refractivity contribution in [2.45, 2.75) is 25.3 Å². The number of carbonyl (C=O) groups excluding carboxylic acids is 2. The van der Waals surface area contributed by atoms with Crippen LogP contribution in [0.25, 0.3) is 0 Å². The highest BCUT2D eigenvalue weighted by atomic mass is 35.5. The first kappa shape index (κ1) is 26.1. The SMILES string of the molecule is COC(=O)[C@H](Cc1ccc(C#CCCCNc2ccccn2)cc1)NC(=O)c1c(Cl)cccc1Cl. The molecule has 1 heterocycles. The standard InChI is InChI=1S/C27H25Cl2N3O3/c1-35-27(34)23(32-26(33)25-21(28)9-7-10-22(25)29)18-20-14-12-19(13-15-20)8-3-2-5-16-30-24-11-4-6-17-31-24/h4,6-7,9-15,17,23H,2,5,16,18H2,1H3,(H,30,31)(H,32,33)/t23-/m0/s1. The Labute approximate surface area is 215 Å². The van der Waals surface area contributed by atoms with Gasteiger partial charge < -0.3 is 15.4 Å². The molecule has 0 radical (unpaired) electrons. The van der Waals surface area contributed by atoms with Crippen LogP contribution in [0.15, 0.2) is 66.9 Å². The van der Waals surface area contributed by atoms with E-state index in [9.17, 15) is 9.59 Å². The molecule has 35 heavy (non-hydrogen) atoms. The van der Waals surface area contributed by atoms with Gasteiger partial charge in [0.25, 0.3) is 5.91 Å². The first-order valence-corrected chi connectivity index (χ1v) is 11.8. The molecule has 2 N–H and O–H groups in total. The predicted molar refractivity (Wildman–Crippen MR) is 139 cm³/mol. The lowest BCUT2D eigenvalue weighted by atomic mass is 10.0. The number of anilines is 1. The Morgan fingerprint density at radius 1 is 1.03 bits per heavy atom. The number of nitrogens with zero attached hydrogens (tertiary/aromatic N) is 1. The summed E-state index contributed by atoms with van der Waals surface area (Å²) >= 11 is 12.2. The minimum atomic E-state index is -0.900. The Bertz CT molecular complexity index is 1190. The average Bonchev–Trinajstić information content (AvgIpc) is 2.86. The second kappa shape index (κ2) is 13.4. The van der Waals surface area contributed by atoms with E-state index >= 15 is 0 Å². The maximum Gasteiger partial charge on any atom is 0.328 e. The van der Waals surface area contributed by atoms with Crippen molar-refractivity contribution in [2.75, 3.05) is 19.0 Å². The van der Waals surface area contributed by atoms with Crippen LogP contribution in [0.2, 0.25) is 10.0 Å². The van der Waals surface area contributed by atoms with E-state index in [4.69, 9.17) is 27.9 Å². The third kappa shape index (κ3) is 8.03. The van der Waals surface area contributed by atoms with E-state index in [-0.39, 0.29) is 22.0 Å². The Kier molecular flexibility index (Phi) is 9.97. The number of amides is 1. The number of esters is 1. The molecule has 0 unspecified atom stereocenters. The van der Waals surface area contributed by atoms with Gasteiger partial charge in [-0.1, -0.05) is 59.3 Å². The molecular weight excluding hydrogens is 485 g/mol. The molecule has 0 aliphatic carbocycles. The summed E-state index contributed by atoms with van der Waals surface area (Å²) in [7, 11) is 1.27. The molecule has 180 valence electrons. The molecule has 0 fully saturated rings. The zero-order valence-corrected chi connectivity index (χ0v) is 20.7. The van der Waals surface area contributed by atoms with E-state index in [2.05, 4.69) is 27.5 Å². The van der Waals surface area contributed by atoms with Gasteiger partial charge in [0.1, 0.15) is 11.9 Å². The topological polar surface area (TPSA) is 80.3 Å². The number of unbranched alkanes of at least 4 members (excludes halogenated alkanes) is 1. The fraction of sp³-hybridized carbons (Fsp3) is 0.222. The highest BCUT2D eigenvalue weighted by molar-refractivity contribution is 6.39. The number of methoxy groups -OCH3 is 1. The fourth-order valence-electron chi connectivity index (χ4n) is 3.27. The van der Waals surface area contributed by atoms with Crippen molar-refractivity contribution < 1.29 is 14.3 Å². The number of hydrogen-bond acceptors (Lipinski definition) is 5. The summed E-state index contributed by atoms with van der Waals surface area (Å²) in [5.41, 5.74) is 1.83. The number of hydrogen-bond donors (Lipinski definition) is 2. The van der Waals surface area contributed by atoms with Crippen LogP contribution in [-0.2, 0) is 16.0 Å². The zero-order valence-electron chi connectivity index (χ0n) is 19.2. The summed E-state index contributed by atoms with van der Waals surface area (Å²) in [6.07, 6.45) is 3.65. The minimum Gasteiger partial charge on any atom is -0.467 e. The van der Waals surface area contributed by atoms with Crippen LogP contribution in [0.1, 0.15) is 34.3 Å². The molecule has 8 heteroatoms. The number of nitrogens with one attached hydrogen (secondary N) is 2. The predicted octanol–water partition coefficient (Wildman–Crippen LogP) is 5.15. The number of carbonyl (C=O) groups is 2. The number of pyridine rings is 1. The lowest BCUT2D eigenvalue weighted by Crippen LogP contribution is -2.43. The summed E-state index contributed by atoms with van der Waals surface area (Å²) in [6, 6.07) is 17.1. The molecule has 0 spiro atoms. The van der Waals surface area contributed by atoms with Crippen molar-refractivity contribution in [1.82, 2.24) is 10.3 Å². The average molecular weight is 510 g/mol. The van der Waals surface area contributed by atoms with Gasteiger partial charge in [0.05, 0.1) is 22.7 Å². The Hall–Kier alpha value is -3.53. The zero-order chi connectivity index (χ0) is 25.0. The van der Waals surface area contributed by atoms with Gasteiger partial charge in [-0.15, -0.1) is 0 Å². The first-order chi connectivity index (χ1) is 17.0. The molecule has 0 aliphatic rings. The van der Waals surface area contributed by atoms with Crippen LogP contribution in [0.4, 0.5) is 5.82 Å². The van der Waals surface area contributed by atoms with Gasteiger partial charge in [-0.2, -0.15) is 0 Å². The number of aromatic nitrogens is 1. The van der Waals surface area contributed by atoms with Crippen LogP contribution in [0, 0.1) is 11.8 Å². The van der Waals surface area contributed by atoms with Gasteiger partial charge in [0.15, 0.2) is 0 Å². The molecular formula is C27H25Cl2N3O3. The molecule has 1 atom stereocenters. The van der Waals surface area contributed by atoms with Gasteiger partial charge in [0.2, 0.25) is 0 Å². The third-order valence-electron chi connectivity index (χ3n) is 5.06. The number of halogens is 2. The second-order valence-corrected chi connectivity index (χ2v) is 8.41. The van der Waals surface area contributed by atoms with Crippen molar-refractivity contribution in [1.29, 1.82) is 0 Å². The van der Waals surface area contributed by atoms with Crippen molar-refractivity contribution in [3.63, 3.8) is 0 Å². The molecule has 2 aromatic carbocycles. The third-order valence-corrected chi connectivity index (χ3v) is 5.69. The van der Waals surface area contributed by atoms with Crippen LogP contribution >= 0.6 is 23.2 Å². The van der Waals surface area contributed by atoms with Gasteiger partial charge in [-0.25, -0.2) is 9.78 Å². The van der Waals surface area contributed by atoms with Gasteiger partial charge >= 0.3 is 5.97 Å². The summed E-state index contributed by atoms with van der Waals surface area (Å²) < 4.78 is 4.87. The molecule has 6 nitrogen and oxygen atoms in total. The van der Waals surface area contributed by atoms with Crippen LogP contribution in [-0.4, -0.2) is 36.6 Å². The molecule has 1 amide bonds. The van der Waals surface area contributed by atoms with E-state index in [1.165, 1.54) is 7.11 Å². The summed E-state index contributed by atoms with van der Waals surface area (Å²) in [4.78, 5) is 29.2. The quantitative estimate of drug-likeness (QED) is 0.237. The highest BCUT2D eigenvalue weighted by Gasteiger charge is 2.24. The van der Waals surface area contributed by atoms with Crippen LogP contribution < -0.4 is 10.6 Å². The molecule has 0 saturated carbocycles. The van der Waals surface area contributed by atoms with Crippen molar-refractivity contribution >= 4 is 40.9 Å². The molecule has 1 aromatic heterocycles. The monoisotopic (exact) mass is 509 g/mol. The number of rotatable bonds is 9. The Morgan fingerprint density at radius 2 is 1.77 bits per heavy atom. The Morgan fingerprint density at radius 3 is 2.43 bits per heavy atom. The molecule has 0 aliphatic heterocycles. The number of benzene rings is 2. The first-order valence-electron chi connectivity index (χ1n) is 11.0. The van der Waals surface area contributed by atoms with E-state index in [1.807, 2.05) is 42.5 Å². The van der Waals surface area contributed by atoms with E-state index in [1.54, 1.807) is 24.4 Å². The largest absolute Gasteiger partial charge is 0.467 e. The molecule has 0 saturated heterocycles. The van der Waals surface area contributed by atoms with Crippen LogP contribution in [0.3, 0.4) is 0 Å². The van der Waals surface area contributed by atoms with Crippen molar-refractivity contribution in [2.24, 2.45) is 0 Å². The van der Waals surface area contributed by atoms with Crippen LogP contribution in [0.5, 0.6) is 0 Å². The lowest BCUT2D eigenvalue weighted by molar-refractivity contribution is -0.142. The normalized spacial score (nSPS) is 11.1. The highest BCUT2D eigenvalue weighted by Crippen LogP contribution is 2.24. The van der Waals surface area contributed by atoms with E-state index in [0.29, 0.717) is 0 Å². The van der Waals surface area contributed by atoms with Gasteiger partial charge in [-0.05, 0) is 48.4 Å². The second-order valence-electron chi connectivity index (χ2n) is 7.59. The van der Waals surface area contributed by atoms with Gasteiger partial charge in [0, 0.05) is 31.1 Å². The van der Waals surface area contributed by atoms with Gasteiger partial charge in [-0.3, -0.25) is 4.79 Å². The lowest BCUT2D eigenvalue weighted by Gasteiger charge is -2.17.